The molecule has 0 fully saturated rings. The molecule has 1 atom stereocenters. The molecule has 0 aromatic heterocycles. The van der Waals surface area contributed by atoms with E-state index < -0.39 is 0 Å². The van der Waals surface area contributed by atoms with E-state index in [0.717, 1.165) is 5.56 Å². The molecule has 1 unspecified atom stereocenters. The van der Waals surface area contributed by atoms with E-state index in [-0.39, 0.29) is 17.8 Å². The van der Waals surface area contributed by atoms with Crippen LogP contribution in [0.4, 0.5) is 0 Å². The van der Waals surface area contributed by atoms with Crippen LogP contribution in [0.2, 0.25) is 0 Å². The standard InChI is InChI=1S/C14H20O2/c1-4-16-14(11(2)3)13(15)10-12-8-6-5-7-9-12/h5-9,11,14H,4,10H2,1-3H3. The predicted octanol–water partition coefficient (Wildman–Crippen LogP) is 2.86. The average Bonchev–Trinajstić information content (AvgIpc) is 2.26. The van der Waals surface area contributed by atoms with Crippen molar-refractivity contribution in [2.45, 2.75) is 33.3 Å². The number of ether oxygens (including phenoxy) is 1. The SMILES string of the molecule is CCOC(C(=O)Cc1ccccc1)C(C)C. The number of rotatable bonds is 6. The van der Waals surface area contributed by atoms with Crippen LogP contribution in [0.1, 0.15) is 26.3 Å². The molecule has 0 aliphatic rings. The van der Waals surface area contributed by atoms with Crippen LogP contribution >= 0.6 is 0 Å². The number of ketones is 1. The molecule has 0 aliphatic heterocycles. The van der Waals surface area contributed by atoms with E-state index in [4.69, 9.17) is 4.74 Å². The zero-order valence-corrected chi connectivity index (χ0v) is 10.3. The van der Waals surface area contributed by atoms with Gasteiger partial charge < -0.3 is 4.74 Å². The minimum atomic E-state index is -0.273. The molecule has 0 heterocycles. The largest absolute Gasteiger partial charge is 0.370 e. The zero-order valence-electron chi connectivity index (χ0n) is 10.3. The summed E-state index contributed by atoms with van der Waals surface area (Å²) in [6.45, 7) is 6.54. The highest BCUT2D eigenvalue weighted by Crippen LogP contribution is 2.11. The van der Waals surface area contributed by atoms with Gasteiger partial charge in [0.25, 0.3) is 0 Å². The summed E-state index contributed by atoms with van der Waals surface area (Å²) in [5.41, 5.74) is 1.05. The van der Waals surface area contributed by atoms with Gasteiger partial charge in [-0.3, -0.25) is 4.79 Å². The summed E-state index contributed by atoms with van der Waals surface area (Å²) in [5.74, 6) is 0.402. The lowest BCUT2D eigenvalue weighted by molar-refractivity contribution is -0.132. The van der Waals surface area contributed by atoms with Crippen LogP contribution in [0.5, 0.6) is 0 Å². The van der Waals surface area contributed by atoms with E-state index in [1.807, 2.05) is 51.1 Å². The third-order valence-corrected chi connectivity index (χ3v) is 2.49. The van der Waals surface area contributed by atoms with Gasteiger partial charge in [0.1, 0.15) is 6.10 Å². The summed E-state index contributed by atoms with van der Waals surface area (Å²) < 4.78 is 5.49. The fourth-order valence-electron chi connectivity index (χ4n) is 1.73. The Morgan fingerprint density at radius 2 is 1.88 bits per heavy atom. The zero-order chi connectivity index (χ0) is 12.0. The number of Topliss-reactive ketones (excluding diaryl/α,β-unsaturated/α-hetero) is 1. The Labute approximate surface area is 97.6 Å². The minimum absolute atomic E-state index is 0.169. The Morgan fingerprint density at radius 3 is 2.38 bits per heavy atom. The van der Waals surface area contributed by atoms with Crippen molar-refractivity contribution in [3.63, 3.8) is 0 Å². The molecule has 0 amide bonds. The maximum atomic E-state index is 12.0. The van der Waals surface area contributed by atoms with Crippen molar-refractivity contribution >= 4 is 5.78 Å². The topological polar surface area (TPSA) is 26.3 Å². The highest BCUT2D eigenvalue weighted by Gasteiger charge is 2.22. The van der Waals surface area contributed by atoms with E-state index >= 15 is 0 Å². The quantitative estimate of drug-likeness (QED) is 0.737. The summed E-state index contributed by atoms with van der Waals surface area (Å²) in [6, 6.07) is 9.81. The number of carbonyl (C=O) groups excluding carboxylic acids is 1. The molecule has 2 heteroatoms. The maximum absolute atomic E-state index is 12.0. The van der Waals surface area contributed by atoms with Crippen LogP contribution in [0.25, 0.3) is 0 Å². The van der Waals surface area contributed by atoms with Gasteiger partial charge in [0.2, 0.25) is 0 Å². The van der Waals surface area contributed by atoms with Crippen molar-refractivity contribution in [3.05, 3.63) is 35.9 Å². The van der Waals surface area contributed by atoms with Gasteiger partial charge >= 0.3 is 0 Å². The van der Waals surface area contributed by atoms with Crippen molar-refractivity contribution in [2.24, 2.45) is 5.92 Å². The van der Waals surface area contributed by atoms with E-state index in [0.29, 0.717) is 13.0 Å². The van der Waals surface area contributed by atoms with Crippen LogP contribution in [0, 0.1) is 5.92 Å². The summed E-state index contributed by atoms with van der Waals surface area (Å²) in [7, 11) is 0. The molecule has 0 saturated heterocycles. The molecule has 16 heavy (non-hydrogen) atoms. The van der Waals surface area contributed by atoms with Crippen molar-refractivity contribution in [3.8, 4) is 0 Å². The average molecular weight is 220 g/mol. The van der Waals surface area contributed by atoms with E-state index in [1.54, 1.807) is 0 Å². The van der Waals surface area contributed by atoms with Crippen molar-refractivity contribution < 1.29 is 9.53 Å². The molecule has 1 aromatic carbocycles. The van der Waals surface area contributed by atoms with Crippen LogP contribution in [0.15, 0.2) is 30.3 Å². The summed E-state index contributed by atoms with van der Waals surface area (Å²) in [6.07, 6.45) is 0.189. The first-order valence-electron chi connectivity index (χ1n) is 5.83. The fourth-order valence-corrected chi connectivity index (χ4v) is 1.73. The van der Waals surface area contributed by atoms with E-state index in [9.17, 15) is 4.79 Å². The number of carbonyl (C=O) groups is 1. The maximum Gasteiger partial charge on any atom is 0.166 e. The van der Waals surface area contributed by atoms with Gasteiger partial charge in [-0.1, -0.05) is 44.2 Å². The Balaban J connectivity index is 2.62. The Hall–Kier alpha value is -1.15. The van der Waals surface area contributed by atoms with Gasteiger partial charge in [0, 0.05) is 13.0 Å². The molecule has 0 radical (unpaired) electrons. The molecule has 0 N–H and O–H groups in total. The lowest BCUT2D eigenvalue weighted by Crippen LogP contribution is -2.31. The predicted molar refractivity (Wildman–Crippen MR) is 65.4 cm³/mol. The number of hydrogen-bond donors (Lipinski definition) is 0. The molecule has 1 aromatic rings. The molecule has 1 rings (SSSR count). The lowest BCUT2D eigenvalue weighted by atomic mass is 9.98. The van der Waals surface area contributed by atoms with Gasteiger partial charge in [-0.05, 0) is 18.4 Å². The summed E-state index contributed by atoms with van der Waals surface area (Å²) in [5, 5.41) is 0. The number of benzene rings is 1. The second-order valence-electron chi connectivity index (χ2n) is 4.25. The van der Waals surface area contributed by atoms with Crippen LogP contribution in [0.3, 0.4) is 0 Å². The van der Waals surface area contributed by atoms with E-state index in [1.165, 1.54) is 0 Å². The van der Waals surface area contributed by atoms with Gasteiger partial charge in [-0.15, -0.1) is 0 Å². The van der Waals surface area contributed by atoms with Crippen LogP contribution in [-0.4, -0.2) is 18.5 Å². The first kappa shape index (κ1) is 12.9. The molecule has 88 valence electrons. The first-order valence-corrected chi connectivity index (χ1v) is 5.83. The highest BCUT2D eigenvalue weighted by atomic mass is 16.5. The Kier molecular flexibility index (Phi) is 5.20. The fraction of sp³-hybridized carbons (Fsp3) is 0.500. The Morgan fingerprint density at radius 1 is 1.25 bits per heavy atom. The van der Waals surface area contributed by atoms with Gasteiger partial charge in [0.15, 0.2) is 5.78 Å². The molecule has 0 aliphatic carbocycles. The van der Waals surface area contributed by atoms with E-state index in [2.05, 4.69) is 0 Å². The van der Waals surface area contributed by atoms with Gasteiger partial charge in [-0.2, -0.15) is 0 Å². The highest BCUT2D eigenvalue weighted by molar-refractivity contribution is 5.85. The smallest absolute Gasteiger partial charge is 0.166 e. The monoisotopic (exact) mass is 220 g/mol. The second-order valence-corrected chi connectivity index (χ2v) is 4.25. The lowest BCUT2D eigenvalue weighted by Gasteiger charge is -2.19. The summed E-state index contributed by atoms with van der Waals surface area (Å²) >= 11 is 0. The van der Waals surface area contributed by atoms with Gasteiger partial charge in [0.05, 0.1) is 0 Å². The molecular formula is C14H20O2. The van der Waals surface area contributed by atoms with Crippen molar-refractivity contribution in [1.29, 1.82) is 0 Å². The molecule has 2 nitrogen and oxygen atoms in total. The number of hydrogen-bond acceptors (Lipinski definition) is 2. The van der Waals surface area contributed by atoms with Crippen LogP contribution in [-0.2, 0) is 16.0 Å². The molecular weight excluding hydrogens is 200 g/mol. The van der Waals surface area contributed by atoms with Gasteiger partial charge in [-0.25, -0.2) is 0 Å². The minimum Gasteiger partial charge on any atom is -0.370 e. The second kappa shape index (κ2) is 6.44. The molecule has 0 bridgehead atoms. The first-order chi connectivity index (χ1) is 7.65. The van der Waals surface area contributed by atoms with Crippen molar-refractivity contribution in [2.75, 3.05) is 6.61 Å². The third-order valence-electron chi connectivity index (χ3n) is 2.49. The Bertz CT molecular complexity index is 317. The molecule has 0 spiro atoms. The van der Waals surface area contributed by atoms with Crippen LogP contribution < -0.4 is 0 Å². The summed E-state index contributed by atoms with van der Waals surface area (Å²) in [4.78, 5) is 12.0. The third kappa shape index (κ3) is 3.78. The van der Waals surface area contributed by atoms with Crippen molar-refractivity contribution in [1.82, 2.24) is 0 Å². The molecule has 0 saturated carbocycles. The normalized spacial score (nSPS) is 12.8.